The SMILES string of the molecule is OC(/C(I)=C\Sc1ccccc1)c1ccccc1. The summed E-state index contributed by atoms with van der Waals surface area (Å²) in [5.74, 6) is 0. The second-order valence-corrected chi connectivity index (χ2v) is 5.94. The fourth-order valence-corrected chi connectivity index (χ4v) is 2.92. The lowest BCUT2D eigenvalue weighted by Gasteiger charge is -2.10. The molecule has 92 valence electrons. The fourth-order valence-electron chi connectivity index (χ4n) is 1.48. The van der Waals surface area contributed by atoms with Gasteiger partial charge in [0.2, 0.25) is 0 Å². The first kappa shape index (κ1) is 13.6. The van der Waals surface area contributed by atoms with Gasteiger partial charge in [0.1, 0.15) is 6.10 Å². The zero-order valence-electron chi connectivity index (χ0n) is 9.66. The summed E-state index contributed by atoms with van der Waals surface area (Å²) in [7, 11) is 0. The molecule has 2 rings (SSSR count). The maximum atomic E-state index is 10.2. The van der Waals surface area contributed by atoms with Crippen LogP contribution < -0.4 is 0 Å². The van der Waals surface area contributed by atoms with Gasteiger partial charge in [0.15, 0.2) is 0 Å². The lowest BCUT2D eigenvalue weighted by Crippen LogP contribution is -1.95. The van der Waals surface area contributed by atoms with E-state index in [1.54, 1.807) is 11.8 Å². The van der Waals surface area contributed by atoms with E-state index in [1.165, 1.54) is 4.90 Å². The number of hydrogen-bond acceptors (Lipinski definition) is 2. The molecule has 0 aromatic heterocycles. The number of rotatable bonds is 4. The Bertz CT molecular complexity index is 511. The standard InChI is InChI=1S/C15H13IOS/c16-14(11-18-13-9-5-2-6-10-13)15(17)12-7-3-1-4-8-12/h1-11,15,17H/b14-11+. The summed E-state index contributed by atoms with van der Waals surface area (Å²) in [6.45, 7) is 0. The Morgan fingerprint density at radius 2 is 1.56 bits per heavy atom. The van der Waals surface area contributed by atoms with Crippen LogP contribution in [0.25, 0.3) is 0 Å². The molecule has 2 aromatic rings. The van der Waals surface area contributed by atoms with Crippen LogP contribution in [0.15, 0.2) is 74.5 Å². The van der Waals surface area contributed by atoms with Crippen molar-refractivity contribution in [1.29, 1.82) is 0 Å². The van der Waals surface area contributed by atoms with Crippen molar-refractivity contribution in [2.45, 2.75) is 11.0 Å². The fraction of sp³-hybridized carbons (Fsp3) is 0.0667. The summed E-state index contributed by atoms with van der Waals surface area (Å²) in [5, 5.41) is 12.2. The van der Waals surface area contributed by atoms with E-state index in [2.05, 4.69) is 34.7 Å². The van der Waals surface area contributed by atoms with Gasteiger partial charge in [0.05, 0.1) is 0 Å². The molecule has 0 saturated carbocycles. The highest BCUT2D eigenvalue weighted by atomic mass is 127. The number of hydrogen-bond donors (Lipinski definition) is 1. The highest BCUT2D eigenvalue weighted by Crippen LogP contribution is 2.31. The van der Waals surface area contributed by atoms with Gasteiger partial charge in [-0.05, 0) is 45.7 Å². The molecule has 3 heteroatoms. The average Bonchev–Trinajstić information content (AvgIpc) is 2.46. The predicted octanol–water partition coefficient (Wildman–Crippen LogP) is 4.79. The first-order chi connectivity index (χ1) is 8.77. The van der Waals surface area contributed by atoms with E-state index >= 15 is 0 Å². The van der Waals surface area contributed by atoms with Crippen LogP contribution in [-0.4, -0.2) is 5.11 Å². The third-order valence-electron chi connectivity index (χ3n) is 2.43. The molecule has 0 heterocycles. The third kappa shape index (κ3) is 3.86. The first-order valence-corrected chi connectivity index (χ1v) is 7.53. The van der Waals surface area contributed by atoms with Crippen molar-refractivity contribution >= 4 is 34.4 Å². The quantitative estimate of drug-likeness (QED) is 0.619. The van der Waals surface area contributed by atoms with Crippen molar-refractivity contribution in [3.05, 3.63) is 75.2 Å². The van der Waals surface area contributed by atoms with E-state index in [4.69, 9.17) is 0 Å². The van der Waals surface area contributed by atoms with Crippen molar-refractivity contribution in [3.8, 4) is 0 Å². The highest BCUT2D eigenvalue weighted by Gasteiger charge is 2.09. The van der Waals surface area contributed by atoms with E-state index in [0.29, 0.717) is 0 Å². The number of thioether (sulfide) groups is 1. The molecule has 1 N–H and O–H groups in total. The van der Waals surface area contributed by atoms with Gasteiger partial charge < -0.3 is 5.11 Å². The Morgan fingerprint density at radius 1 is 1.00 bits per heavy atom. The topological polar surface area (TPSA) is 20.2 Å². The second-order valence-electron chi connectivity index (χ2n) is 3.75. The zero-order chi connectivity index (χ0) is 12.8. The van der Waals surface area contributed by atoms with E-state index in [9.17, 15) is 5.11 Å². The number of aliphatic hydroxyl groups excluding tert-OH is 1. The predicted molar refractivity (Wildman–Crippen MR) is 85.8 cm³/mol. The van der Waals surface area contributed by atoms with Crippen LogP contribution in [0.3, 0.4) is 0 Å². The lowest BCUT2D eigenvalue weighted by atomic mass is 10.1. The minimum Gasteiger partial charge on any atom is -0.383 e. The molecule has 0 aliphatic rings. The molecule has 1 unspecified atom stereocenters. The number of halogens is 1. The van der Waals surface area contributed by atoms with Crippen LogP contribution in [-0.2, 0) is 0 Å². The van der Waals surface area contributed by atoms with Crippen molar-refractivity contribution in [3.63, 3.8) is 0 Å². The van der Waals surface area contributed by atoms with Gasteiger partial charge in [-0.25, -0.2) is 0 Å². The zero-order valence-corrected chi connectivity index (χ0v) is 12.6. The Balaban J connectivity index is 2.05. The number of benzene rings is 2. The van der Waals surface area contributed by atoms with Crippen LogP contribution >= 0.6 is 34.4 Å². The molecule has 0 aliphatic heterocycles. The minimum absolute atomic E-state index is 0.539. The maximum absolute atomic E-state index is 10.2. The van der Waals surface area contributed by atoms with Gasteiger partial charge >= 0.3 is 0 Å². The summed E-state index contributed by atoms with van der Waals surface area (Å²) in [6.07, 6.45) is -0.539. The molecule has 0 bridgehead atoms. The van der Waals surface area contributed by atoms with E-state index < -0.39 is 6.10 Å². The molecule has 0 spiro atoms. The van der Waals surface area contributed by atoms with Crippen molar-refractivity contribution in [2.24, 2.45) is 0 Å². The van der Waals surface area contributed by atoms with Crippen LogP contribution in [0.4, 0.5) is 0 Å². The monoisotopic (exact) mass is 368 g/mol. The van der Waals surface area contributed by atoms with Crippen molar-refractivity contribution in [1.82, 2.24) is 0 Å². The van der Waals surface area contributed by atoms with Crippen molar-refractivity contribution < 1.29 is 5.11 Å². The molecule has 0 fully saturated rings. The van der Waals surface area contributed by atoms with Gasteiger partial charge in [-0.3, -0.25) is 0 Å². The molecule has 0 aliphatic carbocycles. The summed E-state index contributed by atoms with van der Waals surface area (Å²) >= 11 is 3.81. The van der Waals surface area contributed by atoms with Crippen LogP contribution in [0, 0.1) is 0 Å². The molecule has 1 nitrogen and oxygen atoms in total. The van der Waals surface area contributed by atoms with Gasteiger partial charge in [-0.2, -0.15) is 0 Å². The van der Waals surface area contributed by atoms with E-state index in [1.807, 2.05) is 53.9 Å². The smallest absolute Gasteiger partial charge is 0.110 e. The molecular weight excluding hydrogens is 355 g/mol. The number of aliphatic hydroxyl groups is 1. The molecule has 2 aromatic carbocycles. The summed E-state index contributed by atoms with van der Waals surface area (Å²) in [4.78, 5) is 1.17. The van der Waals surface area contributed by atoms with Gasteiger partial charge in [0, 0.05) is 8.48 Å². The Labute approximate surface area is 125 Å². The Morgan fingerprint density at radius 3 is 2.17 bits per heavy atom. The van der Waals surface area contributed by atoms with Crippen LogP contribution in [0.2, 0.25) is 0 Å². The largest absolute Gasteiger partial charge is 0.383 e. The van der Waals surface area contributed by atoms with Gasteiger partial charge in [-0.15, -0.1) is 0 Å². The summed E-state index contributed by atoms with van der Waals surface area (Å²) in [6, 6.07) is 19.8. The maximum Gasteiger partial charge on any atom is 0.110 e. The minimum atomic E-state index is -0.539. The second kappa shape index (κ2) is 6.97. The average molecular weight is 368 g/mol. The summed E-state index contributed by atoms with van der Waals surface area (Å²) in [5.41, 5.74) is 0.923. The van der Waals surface area contributed by atoms with Crippen LogP contribution in [0.5, 0.6) is 0 Å². The normalized spacial score (nSPS) is 13.3. The molecule has 18 heavy (non-hydrogen) atoms. The third-order valence-corrected chi connectivity index (χ3v) is 4.67. The molecular formula is C15H13IOS. The molecule has 0 radical (unpaired) electrons. The summed E-state index contributed by atoms with van der Waals surface area (Å²) < 4.78 is 0.924. The van der Waals surface area contributed by atoms with E-state index in [0.717, 1.165) is 9.14 Å². The van der Waals surface area contributed by atoms with Gasteiger partial charge in [0.25, 0.3) is 0 Å². The highest BCUT2D eigenvalue weighted by molar-refractivity contribution is 14.1. The van der Waals surface area contributed by atoms with Crippen molar-refractivity contribution in [2.75, 3.05) is 0 Å². The Hall–Kier alpha value is -0.780. The first-order valence-electron chi connectivity index (χ1n) is 5.57. The lowest BCUT2D eigenvalue weighted by molar-refractivity contribution is 0.227. The molecule has 0 amide bonds. The van der Waals surface area contributed by atoms with Gasteiger partial charge in [-0.1, -0.05) is 60.3 Å². The molecule has 1 atom stereocenters. The van der Waals surface area contributed by atoms with Crippen LogP contribution in [0.1, 0.15) is 11.7 Å². The van der Waals surface area contributed by atoms with E-state index in [-0.39, 0.29) is 0 Å². The molecule has 0 saturated heterocycles. The Kier molecular flexibility index (Phi) is 5.28.